The van der Waals surface area contributed by atoms with E-state index >= 15 is 0 Å². The predicted molar refractivity (Wildman–Crippen MR) is 64.6 cm³/mol. The van der Waals surface area contributed by atoms with Crippen LogP contribution in [0.1, 0.15) is 40.0 Å². The minimum atomic E-state index is -4.46. The first kappa shape index (κ1) is 16.1. The zero-order valence-electron chi connectivity index (χ0n) is 11.5. The summed E-state index contributed by atoms with van der Waals surface area (Å²) >= 11 is 0. The molecule has 1 aliphatic carbocycles. The molecule has 1 aliphatic rings. The molecule has 1 amide bonds. The molecule has 1 rings (SSSR count). The van der Waals surface area contributed by atoms with E-state index in [-0.39, 0.29) is 0 Å². The molecule has 1 saturated carbocycles. The lowest BCUT2D eigenvalue weighted by molar-refractivity contribution is -0.149. The van der Waals surface area contributed by atoms with Crippen LogP contribution in [0, 0.1) is 0 Å². The van der Waals surface area contributed by atoms with Crippen LogP contribution in [0.4, 0.5) is 18.0 Å². The fourth-order valence-electron chi connectivity index (χ4n) is 2.19. The van der Waals surface area contributed by atoms with Gasteiger partial charge in [-0.05, 0) is 40.0 Å². The molecule has 0 radical (unpaired) electrons. The Kier molecular flexibility index (Phi) is 4.71. The summed E-state index contributed by atoms with van der Waals surface area (Å²) in [5.41, 5.74) is 4.95. The van der Waals surface area contributed by atoms with Gasteiger partial charge in [-0.2, -0.15) is 13.2 Å². The normalized spacial score (nSPS) is 24.4. The van der Waals surface area contributed by atoms with E-state index in [1.807, 2.05) is 0 Å². The maximum atomic E-state index is 12.6. The Hall–Kier alpha value is -0.980. The highest BCUT2D eigenvalue weighted by Crippen LogP contribution is 2.28. The van der Waals surface area contributed by atoms with Crippen LogP contribution in [-0.4, -0.2) is 41.4 Å². The number of carbonyl (C=O) groups is 1. The molecule has 0 aromatic rings. The van der Waals surface area contributed by atoms with Crippen LogP contribution >= 0.6 is 0 Å². The van der Waals surface area contributed by atoms with Crippen molar-refractivity contribution in [2.24, 2.45) is 5.73 Å². The summed E-state index contributed by atoms with van der Waals surface area (Å²) < 4.78 is 42.8. The van der Waals surface area contributed by atoms with Gasteiger partial charge in [0.05, 0.1) is 6.04 Å². The smallest absolute Gasteiger partial charge is 0.410 e. The van der Waals surface area contributed by atoms with Gasteiger partial charge in [0.25, 0.3) is 0 Å². The molecule has 1 fully saturated rings. The first-order valence-electron chi connectivity index (χ1n) is 6.31. The Morgan fingerprint density at radius 2 is 1.89 bits per heavy atom. The monoisotopic (exact) mass is 282 g/mol. The van der Waals surface area contributed by atoms with Crippen molar-refractivity contribution in [3.05, 3.63) is 0 Å². The van der Waals surface area contributed by atoms with Crippen LogP contribution in [-0.2, 0) is 4.74 Å². The van der Waals surface area contributed by atoms with E-state index in [0.29, 0.717) is 12.8 Å². The van der Waals surface area contributed by atoms with Crippen molar-refractivity contribution < 1.29 is 22.7 Å². The summed E-state index contributed by atoms with van der Waals surface area (Å²) in [4.78, 5) is 12.6. The average Bonchev–Trinajstić information content (AvgIpc) is 2.56. The quantitative estimate of drug-likeness (QED) is 0.847. The highest BCUT2D eigenvalue weighted by atomic mass is 19.4. The minimum absolute atomic E-state index is 0.421. The van der Waals surface area contributed by atoms with Gasteiger partial charge in [-0.3, -0.25) is 4.90 Å². The van der Waals surface area contributed by atoms with Crippen molar-refractivity contribution in [3.8, 4) is 0 Å². The number of hydrogen-bond donors (Lipinski definition) is 1. The molecular weight excluding hydrogens is 261 g/mol. The van der Waals surface area contributed by atoms with Gasteiger partial charge in [0.15, 0.2) is 0 Å². The van der Waals surface area contributed by atoms with Crippen LogP contribution in [0.3, 0.4) is 0 Å². The molecule has 0 aromatic heterocycles. The summed E-state index contributed by atoms with van der Waals surface area (Å²) in [5.74, 6) is 0. The van der Waals surface area contributed by atoms with Gasteiger partial charge in [0, 0.05) is 6.04 Å². The van der Waals surface area contributed by atoms with Gasteiger partial charge >= 0.3 is 12.3 Å². The molecule has 0 aliphatic heterocycles. The van der Waals surface area contributed by atoms with Crippen molar-refractivity contribution in [1.82, 2.24) is 4.90 Å². The number of alkyl halides is 3. The second-order valence-electron chi connectivity index (χ2n) is 5.89. The number of ether oxygens (including phenoxy) is 1. The van der Waals surface area contributed by atoms with E-state index in [1.165, 1.54) is 0 Å². The molecular formula is C12H21F3N2O2. The largest absolute Gasteiger partial charge is 0.444 e. The number of nitrogens with zero attached hydrogens (tertiary/aromatic N) is 1. The number of hydrogen-bond acceptors (Lipinski definition) is 3. The highest BCUT2D eigenvalue weighted by molar-refractivity contribution is 5.68. The Morgan fingerprint density at radius 1 is 1.32 bits per heavy atom. The minimum Gasteiger partial charge on any atom is -0.444 e. The van der Waals surface area contributed by atoms with E-state index in [0.717, 1.165) is 11.3 Å². The van der Waals surface area contributed by atoms with E-state index < -0.39 is 36.5 Å². The standard InChI is InChI=1S/C12H21F3N2O2/c1-11(2,3)19-10(18)17(7-12(13,14)15)9-6-4-5-8(9)16/h8-9H,4-7,16H2,1-3H3/t8-,9+/m0/s1. The van der Waals surface area contributed by atoms with E-state index in [9.17, 15) is 18.0 Å². The lowest BCUT2D eigenvalue weighted by Gasteiger charge is -2.34. The molecule has 7 heteroatoms. The molecule has 0 unspecified atom stereocenters. The number of carbonyl (C=O) groups excluding carboxylic acids is 1. The molecule has 2 atom stereocenters. The summed E-state index contributed by atoms with van der Waals surface area (Å²) in [5, 5.41) is 0. The molecule has 0 aromatic carbocycles. The van der Waals surface area contributed by atoms with Gasteiger partial charge in [0.2, 0.25) is 0 Å². The maximum Gasteiger partial charge on any atom is 0.410 e. The molecule has 2 N–H and O–H groups in total. The Balaban J connectivity index is 2.83. The van der Waals surface area contributed by atoms with Gasteiger partial charge in [-0.15, -0.1) is 0 Å². The van der Waals surface area contributed by atoms with Crippen molar-refractivity contribution in [2.75, 3.05) is 6.54 Å². The number of halogens is 3. The van der Waals surface area contributed by atoms with Crippen molar-refractivity contribution >= 4 is 6.09 Å². The third-order valence-corrected chi connectivity index (χ3v) is 2.91. The fraction of sp³-hybridized carbons (Fsp3) is 0.917. The SMILES string of the molecule is CC(C)(C)OC(=O)N(CC(F)(F)F)[C@@H]1CCC[C@@H]1N. The van der Waals surface area contributed by atoms with Gasteiger partial charge < -0.3 is 10.5 Å². The summed E-state index contributed by atoms with van der Waals surface area (Å²) in [6.07, 6.45) is -3.58. The number of nitrogens with two attached hydrogens (primary N) is 1. The van der Waals surface area contributed by atoms with E-state index in [2.05, 4.69) is 0 Å². The Labute approximate surface area is 111 Å². The molecule has 0 heterocycles. The second kappa shape index (κ2) is 5.56. The zero-order valence-corrected chi connectivity index (χ0v) is 11.5. The van der Waals surface area contributed by atoms with Crippen LogP contribution in [0.15, 0.2) is 0 Å². The van der Waals surface area contributed by atoms with E-state index in [4.69, 9.17) is 10.5 Å². The molecule has 19 heavy (non-hydrogen) atoms. The van der Waals surface area contributed by atoms with E-state index in [1.54, 1.807) is 20.8 Å². The van der Waals surface area contributed by atoms with Gasteiger partial charge in [0.1, 0.15) is 12.1 Å². The van der Waals surface area contributed by atoms with Crippen LogP contribution in [0.2, 0.25) is 0 Å². The fourth-order valence-corrected chi connectivity index (χ4v) is 2.19. The van der Waals surface area contributed by atoms with Crippen molar-refractivity contribution in [2.45, 2.75) is 63.9 Å². The Bertz CT molecular complexity index is 326. The molecule has 0 bridgehead atoms. The third-order valence-electron chi connectivity index (χ3n) is 2.91. The van der Waals surface area contributed by atoms with Gasteiger partial charge in [-0.25, -0.2) is 4.79 Å². The lowest BCUT2D eigenvalue weighted by Crippen LogP contribution is -2.52. The molecule has 0 saturated heterocycles. The Morgan fingerprint density at radius 3 is 2.26 bits per heavy atom. The maximum absolute atomic E-state index is 12.6. The van der Waals surface area contributed by atoms with Crippen molar-refractivity contribution in [1.29, 1.82) is 0 Å². The molecule has 112 valence electrons. The first-order valence-corrected chi connectivity index (χ1v) is 6.31. The highest BCUT2D eigenvalue weighted by Gasteiger charge is 2.41. The van der Waals surface area contributed by atoms with Crippen LogP contribution in [0.25, 0.3) is 0 Å². The summed E-state index contributed by atoms with van der Waals surface area (Å²) in [6.45, 7) is 3.53. The van der Waals surface area contributed by atoms with Crippen LogP contribution < -0.4 is 5.73 Å². The number of rotatable bonds is 2. The predicted octanol–water partition coefficient (Wildman–Crippen LogP) is 2.67. The molecule has 0 spiro atoms. The summed E-state index contributed by atoms with van der Waals surface area (Å²) in [7, 11) is 0. The second-order valence-corrected chi connectivity index (χ2v) is 5.89. The average molecular weight is 282 g/mol. The topological polar surface area (TPSA) is 55.6 Å². The van der Waals surface area contributed by atoms with Crippen molar-refractivity contribution in [3.63, 3.8) is 0 Å². The van der Waals surface area contributed by atoms with Crippen LogP contribution in [0.5, 0.6) is 0 Å². The summed E-state index contributed by atoms with van der Waals surface area (Å²) in [6, 6.07) is -1.02. The number of amides is 1. The first-order chi connectivity index (χ1) is 8.49. The molecule has 4 nitrogen and oxygen atoms in total. The third kappa shape index (κ3) is 5.26. The zero-order chi connectivity index (χ0) is 14.8. The lowest BCUT2D eigenvalue weighted by atomic mass is 10.1. The van der Waals surface area contributed by atoms with Gasteiger partial charge in [-0.1, -0.05) is 0 Å².